The molecule has 2 atom stereocenters. The van der Waals surface area contributed by atoms with Gasteiger partial charge in [0, 0.05) is 0 Å². The van der Waals surface area contributed by atoms with Gasteiger partial charge in [-0.15, -0.1) is 0 Å². The maximum Gasteiger partial charge on any atom is 0.350 e. The molecular formula is C11H15NO4S2. The van der Waals surface area contributed by atoms with Gasteiger partial charge >= 0.3 is 5.97 Å². The van der Waals surface area contributed by atoms with Gasteiger partial charge in [-0.25, -0.2) is 4.79 Å². The van der Waals surface area contributed by atoms with Crippen LogP contribution in [0.5, 0.6) is 0 Å². The summed E-state index contributed by atoms with van der Waals surface area (Å²) in [5.41, 5.74) is -2.17. The molecule has 0 aromatic heterocycles. The normalized spacial score (nSPS) is 22.7. The van der Waals surface area contributed by atoms with Crippen LogP contribution in [0.25, 0.3) is 0 Å². The Labute approximate surface area is 114 Å². The lowest BCUT2D eigenvalue weighted by Gasteiger charge is -2.04. The number of hydrogen-bond acceptors (Lipinski definition) is 7. The predicted octanol–water partition coefficient (Wildman–Crippen LogP) is 1.57. The van der Waals surface area contributed by atoms with Crippen LogP contribution in [-0.4, -0.2) is 33.7 Å². The number of ether oxygens (including phenoxy) is 1. The van der Waals surface area contributed by atoms with Gasteiger partial charge in [-0.3, -0.25) is 0 Å². The molecule has 0 aromatic carbocycles. The van der Waals surface area contributed by atoms with Crippen LogP contribution >= 0.6 is 23.5 Å². The van der Waals surface area contributed by atoms with Gasteiger partial charge in [0.15, 0.2) is 5.57 Å². The molecule has 0 amide bonds. The summed E-state index contributed by atoms with van der Waals surface area (Å²) >= 11 is 1.81. The molecule has 0 aromatic rings. The van der Waals surface area contributed by atoms with Gasteiger partial charge in [-0.2, -0.15) is 5.26 Å². The number of hydrogen-bond donors (Lipinski definition) is 2. The van der Waals surface area contributed by atoms with Gasteiger partial charge in [0.2, 0.25) is 0 Å². The molecule has 2 unspecified atom stereocenters. The number of carbonyl (C=O) groups is 1. The molecule has 0 aliphatic carbocycles. The van der Waals surface area contributed by atoms with E-state index in [-0.39, 0.29) is 12.2 Å². The van der Waals surface area contributed by atoms with Gasteiger partial charge in [0.25, 0.3) is 0 Å². The summed E-state index contributed by atoms with van der Waals surface area (Å²) in [6, 6.07) is 1.77. The summed E-state index contributed by atoms with van der Waals surface area (Å²) < 4.78 is 5.29. The first-order chi connectivity index (χ1) is 8.60. The number of esters is 1. The van der Waals surface area contributed by atoms with Gasteiger partial charge in [0.05, 0.1) is 10.8 Å². The zero-order chi connectivity index (χ0) is 13.5. The average Bonchev–Trinajstić information content (AvgIpc) is 2.66. The predicted molar refractivity (Wildman–Crippen MR) is 70.3 cm³/mol. The van der Waals surface area contributed by atoms with Crippen molar-refractivity contribution >= 4 is 29.5 Å². The van der Waals surface area contributed by atoms with Crippen LogP contribution in [-0.2, 0) is 9.53 Å². The summed E-state index contributed by atoms with van der Waals surface area (Å²) in [5, 5.41) is 27.6. The van der Waals surface area contributed by atoms with E-state index < -0.39 is 16.8 Å². The Morgan fingerprint density at radius 1 is 1.39 bits per heavy atom. The highest BCUT2D eigenvalue weighted by Crippen LogP contribution is 2.46. The van der Waals surface area contributed by atoms with Crippen molar-refractivity contribution in [2.45, 2.75) is 37.1 Å². The van der Waals surface area contributed by atoms with E-state index in [1.807, 2.05) is 6.92 Å². The molecule has 1 aliphatic heterocycles. The van der Waals surface area contributed by atoms with E-state index in [1.165, 1.54) is 0 Å². The first-order valence-electron chi connectivity index (χ1n) is 5.61. The highest BCUT2D eigenvalue weighted by Gasteiger charge is 2.33. The van der Waals surface area contributed by atoms with E-state index >= 15 is 0 Å². The van der Waals surface area contributed by atoms with Crippen LogP contribution in [0.4, 0.5) is 0 Å². The number of thioether (sulfide) groups is 2. The Bertz CT molecular complexity index is 366. The number of aliphatic hydroxyl groups is 2. The summed E-state index contributed by atoms with van der Waals surface area (Å²) in [5.74, 6) is -0.690. The maximum absolute atomic E-state index is 11.6. The quantitative estimate of drug-likeness (QED) is 0.343. The average molecular weight is 289 g/mol. The third-order valence-electron chi connectivity index (χ3n) is 2.20. The fraction of sp³-hybridized carbons (Fsp3) is 0.636. The minimum Gasteiger partial charge on any atom is -0.462 e. The van der Waals surface area contributed by atoms with Crippen LogP contribution < -0.4 is 0 Å². The lowest BCUT2D eigenvalue weighted by Crippen LogP contribution is -2.11. The van der Waals surface area contributed by atoms with Gasteiger partial charge < -0.3 is 14.9 Å². The van der Waals surface area contributed by atoms with Gasteiger partial charge in [-0.1, -0.05) is 43.3 Å². The van der Waals surface area contributed by atoms with Gasteiger partial charge in [0.1, 0.15) is 16.9 Å². The highest BCUT2D eigenvalue weighted by atomic mass is 32.2. The summed E-state index contributed by atoms with van der Waals surface area (Å²) in [6.45, 7) is 2.32. The number of unbranched alkanes of at least 4 members (excludes halogenated alkanes) is 2. The molecule has 0 bridgehead atoms. The highest BCUT2D eigenvalue weighted by molar-refractivity contribution is 8.25. The summed E-state index contributed by atoms with van der Waals surface area (Å²) in [4.78, 5) is 11.6. The molecule has 0 saturated carbocycles. The van der Waals surface area contributed by atoms with Crippen LogP contribution in [0.2, 0.25) is 0 Å². The van der Waals surface area contributed by atoms with E-state index in [4.69, 9.17) is 10.00 Å². The molecular weight excluding hydrogens is 274 g/mol. The molecule has 5 nitrogen and oxygen atoms in total. The second-order valence-electron chi connectivity index (χ2n) is 3.63. The van der Waals surface area contributed by atoms with Crippen LogP contribution in [0.15, 0.2) is 9.81 Å². The molecule has 18 heavy (non-hydrogen) atoms. The lowest BCUT2D eigenvalue weighted by atomic mass is 10.3. The number of rotatable bonds is 5. The summed E-state index contributed by atoms with van der Waals surface area (Å²) in [6.07, 6.45) is 2.75. The van der Waals surface area contributed by atoms with E-state index in [0.29, 0.717) is 4.24 Å². The van der Waals surface area contributed by atoms with Crippen molar-refractivity contribution in [1.82, 2.24) is 0 Å². The van der Waals surface area contributed by atoms with Crippen molar-refractivity contribution in [2.24, 2.45) is 0 Å². The van der Waals surface area contributed by atoms with Crippen molar-refractivity contribution in [3.8, 4) is 6.07 Å². The Morgan fingerprint density at radius 3 is 2.50 bits per heavy atom. The zero-order valence-electron chi connectivity index (χ0n) is 9.96. The van der Waals surface area contributed by atoms with Crippen molar-refractivity contribution in [3.05, 3.63) is 9.81 Å². The Kier molecular flexibility index (Phi) is 6.57. The molecule has 7 heteroatoms. The van der Waals surface area contributed by atoms with Crippen molar-refractivity contribution < 1.29 is 19.7 Å². The zero-order valence-corrected chi connectivity index (χ0v) is 11.6. The van der Waals surface area contributed by atoms with Gasteiger partial charge in [-0.05, 0) is 6.42 Å². The number of carbonyl (C=O) groups excluding carboxylic acids is 1. The Balaban J connectivity index is 2.59. The molecule has 1 fully saturated rings. The molecule has 1 saturated heterocycles. The van der Waals surface area contributed by atoms with Crippen molar-refractivity contribution in [2.75, 3.05) is 6.61 Å². The Hall–Kier alpha value is -0.680. The van der Waals surface area contributed by atoms with E-state index in [2.05, 4.69) is 0 Å². The second kappa shape index (κ2) is 7.69. The van der Waals surface area contributed by atoms with Crippen LogP contribution in [0.1, 0.15) is 26.2 Å². The fourth-order valence-corrected chi connectivity index (χ4v) is 3.56. The smallest absolute Gasteiger partial charge is 0.350 e. The van der Waals surface area contributed by atoms with Crippen LogP contribution in [0.3, 0.4) is 0 Å². The topological polar surface area (TPSA) is 90.6 Å². The fourth-order valence-electron chi connectivity index (χ4n) is 1.25. The molecule has 1 rings (SSSR count). The van der Waals surface area contributed by atoms with Crippen LogP contribution in [0, 0.1) is 11.3 Å². The first kappa shape index (κ1) is 15.4. The largest absolute Gasteiger partial charge is 0.462 e. The third kappa shape index (κ3) is 4.21. The number of nitriles is 1. The summed E-state index contributed by atoms with van der Waals surface area (Å²) in [7, 11) is 0. The van der Waals surface area contributed by atoms with E-state index in [0.717, 1.165) is 42.8 Å². The lowest BCUT2D eigenvalue weighted by molar-refractivity contribution is -0.138. The Morgan fingerprint density at radius 2 is 2.00 bits per heavy atom. The standard InChI is InChI=1S/C11H15NO4S2/c1-2-3-4-5-16-8(13)7(6-12)11-17-9(14)10(15)18-11/h9-10,14-15H,2-5H2,1H3. The molecule has 100 valence electrons. The molecule has 0 radical (unpaired) electrons. The SMILES string of the molecule is CCCCCOC(=O)C(C#N)=C1SC(O)C(O)S1. The van der Waals surface area contributed by atoms with Crippen molar-refractivity contribution in [1.29, 1.82) is 5.26 Å². The van der Waals surface area contributed by atoms with Crippen molar-refractivity contribution in [3.63, 3.8) is 0 Å². The molecule has 0 spiro atoms. The molecule has 1 heterocycles. The minimum atomic E-state index is -1.01. The second-order valence-corrected chi connectivity index (χ2v) is 6.15. The number of nitrogens with zero attached hydrogens (tertiary/aromatic N) is 1. The number of aliphatic hydroxyl groups excluding tert-OH is 2. The monoisotopic (exact) mass is 289 g/mol. The third-order valence-corrected chi connectivity index (χ3v) is 4.79. The van der Waals surface area contributed by atoms with E-state index in [9.17, 15) is 15.0 Å². The minimum absolute atomic E-state index is 0.142. The first-order valence-corrected chi connectivity index (χ1v) is 7.37. The molecule has 2 N–H and O–H groups in total. The molecule has 1 aliphatic rings. The maximum atomic E-state index is 11.6. The van der Waals surface area contributed by atoms with E-state index in [1.54, 1.807) is 6.07 Å².